The van der Waals surface area contributed by atoms with Crippen molar-refractivity contribution < 1.29 is 14.3 Å². The Bertz CT molecular complexity index is 731. The molecule has 0 heterocycles. The molecule has 2 amide bonds. The summed E-state index contributed by atoms with van der Waals surface area (Å²) in [5.74, 6) is 0.497. The summed E-state index contributed by atoms with van der Waals surface area (Å²) >= 11 is 0. The van der Waals surface area contributed by atoms with Gasteiger partial charge in [0, 0.05) is 13.6 Å². The maximum absolute atomic E-state index is 13.0. The molecule has 0 unspecified atom stereocenters. The number of amides is 2. The van der Waals surface area contributed by atoms with E-state index in [0.717, 1.165) is 16.9 Å². The minimum Gasteiger partial charge on any atom is -0.497 e. The van der Waals surface area contributed by atoms with Crippen molar-refractivity contribution in [2.75, 3.05) is 14.2 Å². The van der Waals surface area contributed by atoms with Gasteiger partial charge in [-0.1, -0.05) is 49.4 Å². The summed E-state index contributed by atoms with van der Waals surface area (Å²) in [6.45, 7) is 2.27. The maximum Gasteiger partial charge on any atom is 0.242 e. The van der Waals surface area contributed by atoms with Crippen molar-refractivity contribution >= 4 is 11.8 Å². The number of carbonyl (C=O) groups excluding carboxylic acids is 2. The standard InChI is InChI=1S/C21H26N2O3/c1-4-19(21(25)22-2)23(15-17-11-8-12-18(13-17)26-3)20(24)14-16-9-6-5-7-10-16/h5-13,19H,4,14-15H2,1-3H3,(H,22,25)/t19-/m0/s1. The number of carbonyl (C=O) groups is 2. The van der Waals surface area contributed by atoms with Gasteiger partial charge in [0.05, 0.1) is 13.5 Å². The zero-order valence-corrected chi connectivity index (χ0v) is 15.6. The van der Waals surface area contributed by atoms with Gasteiger partial charge in [0.25, 0.3) is 0 Å². The van der Waals surface area contributed by atoms with Gasteiger partial charge in [-0.2, -0.15) is 0 Å². The summed E-state index contributed by atoms with van der Waals surface area (Å²) in [6, 6.07) is 16.6. The van der Waals surface area contributed by atoms with E-state index in [-0.39, 0.29) is 18.2 Å². The van der Waals surface area contributed by atoms with Crippen molar-refractivity contribution in [3.8, 4) is 5.75 Å². The number of nitrogens with one attached hydrogen (secondary N) is 1. The Hall–Kier alpha value is -2.82. The first-order chi connectivity index (χ1) is 12.6. The predicted octanol–water partition coefficient (Wildman–Crippen LogP) is 2.79. The summed E-state index contributed by atoms with van der Waals surface area (Å²) in [6.07, 6.45) is 0.808. The van der Waals surface area contributed by atoms with Crippen LogP contribution in [0.2, 0.25) is 0 Å². The van der Waals surface area contributed by atoms with E-state index in [1.54, 1.807) is 19.1 Å². The highest BCUT2D eigenvalue weighted by atomic mass is 16.5. The number of rotatable bonds is 8. The van der Waals surface area contributed by atoms with Gasteiger partial charge in [-0.3, -0.25) is 9.59 Å². The molecule has 2 aromatic rings. The van der Waals surface area contributed by atoms with Gasteiger partial charge in [-0.15, -0.1) is 0 Å². The highest BCUT2D eigenvalue weighted by Crippen LogP contribution is 2.18. The van der Waals surface area contributed by atoms with E-state index in [9.17, 15) is 9.59 Å². The molecule has 0 aromatic heterocycles. The zero-order chi connectivity index (χ0) is 18.9. The molecule has 2 aromatic carbocycles. The average molecular weight is 354 g/mol. The zero-order valence-electron chi connectivity index (χ0n) is 15.6. The minimum atomic E-state index is -0.512. The molecule has 0 saturated carbocycles. The van der Waals surface area contributed by atoms with Crippen LogP contribution in [0.1, 0.15) is 24.5 Å². The third kappa shape index (κ3) is 5.09. The molecular formula is C21H26N2O3. The van der Waals surface area contributed by atoms with Crippen LogP contribution in [0.15, 0.2) is 54.6 Å². The summed E-state index contributed by atoms with van der Waals surface area (Å²) in [5, 5.41) is 2.67. The summed E-state index contributed by atoms with van der Waals surface area (Å²) < 4.78 is 5.27. The first-order valence-electron chi connectivity index (χ1n) is 8.77. The van der Waals surface area contributed by atoms with Crippen LogP contribution in [0.4, 0.5) is 0 Å². The molecule has 1 N–H and O–H groups in total. The van der Waals surface area contributed by atoms with Crippen molar-refractivity contribution in [3.05, 3.63) is 65.7 Å². The number of methoxy groups -OCH3 is 1. The maximum atomic E-state index is 13.0. The third-order valence-corrected chi connectivity index (χ3v) is 4.32. The normalized spacial score (nSPS) is 11.5. The molecule has 0 bridgehead atoms. The van der Waals surface area contributed by atoms with E-state index in [2.05, 4.69) is 5.32 Å². The molecular weight excluding hydrogens is 328 g/mol. The van der Waals surface area contributed by atoms with Crippen molar-refractivity contribution in [1.29, 1.82) is 0 Å². The topological polar surface area (TPSA) is 58.6 Å². The van der Waals surface area contributed by atoms with Gasteiger partial charge < -0.3 is 15.0 Å². The van der Waals surface area contributed by atoms with Gasteiger partial charge in [0.1, 0.15) is 11.8 Å². The molecule has 5 nitrogen and oxygen atoms in total. The Morgan fingerprint density at radius 1 is 1.08 bits per heavy atom. The molecule has 2 rings (SSSR count). The Morgan fingerprint density at radius 3 is 2.38 bits per heavy atom. The van der Waals surface area contributed by atoms with Crippen molar-refractivity contribution in [1.82, 2.24) is 10.2 Å². The first kappa shape index (κ1) is 19.5. The lowest BCUT2D eigenvalue weighted by molar-refractivity contribution is -0.140. The average Bonchev–Trinajstić information content (AvgIpc) is 2.68. The quantitative estimate of drug-likeness (QED) is 0.793. The third-order valence-electron chi connectivity index (χ3n) is 4.32. The van der Waals surface area contributed by atoms with E-state index in [1.165, 1.54) is 0 Å². The molecule has 1 atom stereocenters. The molecule has 5 heteroatoms. The molecule has 0 fully saturated rings. The number of likely N-dealkylation sites (N-methyl/N-ethyl adjacent to an activating group) is 1. The lowest BCUT2D eigenvalue weighted by atomic mass is 10.1. The molecule has 0 aliphatic heterocycles. The van der Waals surface area contributed by atoms with E-state index in [1.807, 2.05) is 61.5 Å². The van der Waals surface area contributed by atoms with Gasteiger partial charge in [-0.25, -0.2) is 0 Å². The van der Waals surface area contributed by atoms with Crippen LogP contribution in [0.5, 0.6) is 5.75 Å². The van der Waals surface area contributed by atoms with Crippen LogP contribution in [0, 0.1) is 0 Å². The van der Waals surface area contributed by atoms with Gasteiger partial charge in [0.15, 0.2) is 0 Å². The van der Waals surface area contributed by atoms with Gasteiger partial charge in [-0.05, 0) is 29.7 Å². The minimum absolute atomic E-state index is 0.0746. The van der Waals surface area contributed by atoms with E-state index < -0.39 is 6.04 Å². The number of nitrogens with zero attached hydrogens (tertiary/aromatic N) is 1. The monoisotopic (exact) mass is 354 g/mol. The van der Waals surface area contributed by atoms with Crippen LogP contribution < -0.4 is 10.1 Å². The van der Waals surface area contributed by atoms with Crippen LogP contribution >= 0.6 is 0 Å². The first-order valence-corrected chi connectivity index (χ1v) is 8.77. The smallest absolute Gasteiger partial charge is 0.242 e. The lowest BCUT2D eigenvalue weighted by Gasteiger charge is -2.30. The Kier molecular flexibility index (Phi) is 7.21. The number of hydrogen-bond donors (Lipinski definition) is 1. The number of hydrogen-bond acceptors (Lipinski definition) is 3. The molecule has 0 radical (unpaired) electrons. The van der Waals surface area contributed by atoms with E-state index >= 15 is 0 Å². The fourth-order valence-electron chi connectivity index (χ4n) is 2.93. The molecule has 26 heavy (non-hydrogen) atoms. The van der Waals surface area contributed by atoms with E-state index in [0.29, 0.717) is 13.0 Å². The molecule has 0 aliphatic rings. The highest BCUT2D eigenvalue weighted by molar-refractivity contribution is 5.88. The summed E-state index contributed by atoms with van der Waals surface area (Å²) in [5.41, 5.74) is 1.85. The van der Waals surface area contributed by atoms with Crippen molar-refractivity contribution in [2.45, 2.75) is 32.4 Å². The summed E-state index contributed by atoms with van der Waals surface area (Å²) in [7, 11) is 3.20. The van der Waals surface area contributed by atoms with Crippen LogP contribution in [0.3, 0.4) is 0 Å². The highest BCUT2D eigenvalue weighted by Gasteiger charge is 2.28. The predicted molar refractivity (Wildman–Crippen MR) is 102 cm³/mol. The van der Waals surface area contributed by atoms with Crippen LogP contribution in [0.25, 0.3) is 0 Å². The fourth-order valence-corrected chi connectivity index (χ4v) is 2.93. The fraction of sp³-hybridized carbons (Fsp3) is 0.333. The molecule has 0 saturated heterocycles. The SMILES string of the molecule is CC[C@@H](C(=O)NC)N(Cc1cccc(OC)c1)C(=O)Cc1ccccc1. The second kappa shape index (κ2) is 9.61. The number of ether oxygens (including phenoxy) is 1. The Labute approximate surface area is 155 Å². The van der Waals surface area contributed by atoms with Gasteiger partial charge in [0.2, 0.25) is 11.8 Å². The second-order valence-electron chi connectivity index (χ2n) is 6.07. The number of benzene rings is 2. The van der Waals surface area contributed by atoms with E-state index in [4.69, 9.17) is 4.74 Å². The largest absolute Gasteiger partial charge is 0.497 e. The summed E-state index contributed by atoms with van der Waals surface area (Å²) in [4.78, 5) is 27.0. The van der Waals surface area contributed by atoms with Gasteiger partial charge >= 0.3 is 0 Å². The molecule has 0 aliphatic carbocycles. The Balaban J connectivity index is 2.27. The van der Waals surface area contributed by atoms with Crippen LogP contribution in [-0.4, -0.2) is 36.9 Å². The molecule has 138 valence electrons. The van der Waals surface area contributed by atoms with Crippen LogP contribution in [-0.2, 0) is 22.6 Å². The van der Waals surface area contributed by atoms with Crippen molar-refractivity contribution in [2.24, 2.45) is 0 Å². The Morgan fingerprint density at radius 2 is 1.77 bits per heavy atom. The second-order valence-corrected chi connectivity index (χ2v) is 6.07. The van der Waals surface area contributed by atoms with Crippen molar-refractivity contribution in [3.63, 3.8) is 0 Å². The molecule has 0 spiro atoms. The lowest BCUT2D eigenvalue weighted by Crippen LogP contribution is -2.48.